The molecule has 0 aliphatic heterocycles. The molecule has 0 fully saturated rings. The Balaban J connectivity index is 2.71. The monoisotopic (exact) mass is 201 g/mol. The van der Waals surface area contributed by atoms with Gasteiger partial charge in [0, 0.05) is 23.2 Å². The van der Waals surface area contributed by atoms with Crippen molar-refractivity contribution in [1.29, 1.82) is 0 Å². The second kappa shape index (κ2) is 3.63. The summed E-state index contributed by atoms with van der Waals surface area (Å²) in [5, 5.41) is 11.7. The molecule has 2 nitrogen and oxygen atoms in total. The summed E-state index contributed by atoms with van der Waals surface area (Å²) in [6, 6.07) is 8.13. The van der Waals surface area contributed by atoms with Crippen LogP contribution in [0.4, 0.5) is 0 Å². The first kappa shape index (κ1) is 10.1. The Morgan fingerprint density at radius 1 is 1.27 bits per heavy atom. The van der Waals surface area contributed by atoms with E-state index < -0.39 is 0 Å². The van der Waals surface area contributed by atoms with E-state index in [1.165, 1.54) is 5.39 Å². The Bertz CT molecular complexity index is 471. The van der Waals surface area contributed by atoms with E-state index in [-0.39, 0.29) is 12.0 Å². The highest BCUT2D eigenvalue weighted by molar-refractivity contribution is 5.85. The maximum atomic E-state index is 9.39. The van der Waals surface area contributed by atoms with Gasteiger partial charge in [0.2, 0.25) is 0 Å². The third-order valence-electron chi connectivity index (χ3n) is 2.81. The topological polar surface area (TPSA) is 33.1 Å². The summed E-state index contributed by atoms with van der Waals surface area (Å²) < 4.78 is 0. The lowest BCUT2D eigenvalue weighted by atomic mass is 9.83. The maximum Gasteiger partial charge on any atom is 0.0522 e. The summed E-state index contributed by atoms with van der Waals surface area (Å²) in [5.74, 6) is 0. The van der Waals surface area contributed by atoms with Crippen molar-refractivity contribution in [3.05, 3.63) is 42.2 Å². The summed E-state index contributed by atoms with van der Waals surface area (Å²) >= 11 is 0. The lowest BCUT2D eigenvalue weighted by Crippen LogP contribution is -2.22. The second-order valence-electron chi connectivity index (χ2n) is 4.44. The van der Waals surface area contributed by atoms with Crippen molar-refractivity contribution < 1.29 is 5.11 Å². The van der Waals surface area contributed by atoms with Gasteiger partial charge in [-0.2, -0.15) is 0 Å². The van der Waals surface area contributed by atoms with Crippen molar-refractivity contribution in [3.63, 3.8) is 0 Å². The first-order valence-electron chi connectivity index (χ1n) is 5.09. The molecule has 0 saturated heterocycles. The zero-order valence-corrected chi connectivity index (χ0v) is 9.07. The Labute approximate surface area is 89.6 Å². The van der Waals surface area contributed by atoms with Gasteiger partial charge in [-0.1, -0.05) is 32.0 Å². The predicted molar refractivity (Wildman–Crippen MR) is 61.9 cm³/mol. The molecule has 0 aliphatic carbocycles. The standard InChI is InChI=1S/C13H15NO/c1-13(2,9-15)12-5-3-4-10-6-7-14-8-11(10)12/h3-8,15H,9H2,1-2H3. The minimum atomic E-state index is -0.220. The number of nitrogens with zero attached hydrogens (tertiary/aromatic N) is 1. The average Bonchev–Trinajstić information content (AvgIpc) is 2.28. The Kier molecular flexibility index (Phi) is 2.45. The molecule has 78 valence electrons. The fourth-order valence-electron chi connectivity index (χ4n) is 1.79. The van der Waals surface area contributed by atoms with E-state index in [0.717, 1.165) is 10.9 Å². The van der Waals surface area contributed by atoms with Crippen LogP contribution in [0, 0.1) is 0 Å². The number of hydrogen-bond donors (Lipinski definition) is 1. The largest absolute Gasteiger partial charge is 0.395 e. The summed E-state index contributed by atoms with van der Waals surface area (Å²) in [4.78, 5) is 4.14. The fourth-order valence-corrected chi connectivity index (χ4v) is 1.79. The normalized spacial score (nSPS) is 11.9. The Morgan fingerprint density at radius 3 is 2.80 bits per heavy atom. The summed E-state index contributed by atoms with van der Waals surface area (Å²) in [5.41, 5.74) is 0.929. The van der Waals surface area contributed by atoms with Crippen LogP contribution in [0.15, 0.2) is 36.7 Å². The van der Waals surface area contributed by atoms with Gasteiger partial charge in [0.1, 0.15) is 0 Å². The van der Waals surface area contributed by atoms with Gasteiger partial charge in [0.25, 0.3) is 0 Å². The van der Waals surface area contributed by atoms with Crippen LogP contribution in [0.5, 0.6) is 0 Å². The third kappa shape index (κ3) is 1.73. The van der Waals surface area contributed by atoms with Gasteiger partial charge in [-0.15, -0.1) is 0 Å². The number of aliphatic hydroxyl groups excluding tert-OH is 1. The average molecular weight is 201 g/mol. The molecule has 0 bridgehead atoms. The van der Waals surface area contributed by atoms with Gasteiger partial charge in [0.15, 0.2) is 0 Å². The van der Waals surface area contributed by atoms with Crippen molar-refractivity contribution in [2.45, 2.75) is 19.3 Å². The smallest absolute Gasteiger partial charge is 0.0522 e. The molecule has 1 heterocycles. The fraction of sp³-hybridized carbons (Fsp3) is 0.308. The van der Waals surface area contributed by atoms with E-state index in [1.807, 2.05) is 32.2 Å². The zero-order chi connectivity index (χ0) is 10.9. The minimum absolute atomic E-state index is 0.140. The number of fused-ring (bicyclic) bond motifs is 1. The predicted octanol–water partition coefficient (Wildman–Crippen LogP) is 2.50. The van der Waals surface area contributed by atoms with Crippen LogP contribution in [0.25, 0.3) is 10.8 Å². The van der Waals surface area contributed by atoms with Gasteiger partial charge in [-0.25, -0.2) is 0 Å². The van der Waals surface area contributed by atoms with Crippen LogP contribution < -0.4 is 0 Å². The van der Waals surface area contributed by atoms with E-state index >= 15 is 0 Å². The third-order valence-corrected chi connectivity index (χ3v) is 2.81. The summed E-state index contributed by atoms with van der Waals surface area (Å²) in [6.07, 6.45) is 3.65. The van der Waals surface area contributed by atoms with Crippen molar-refractivity contribution in [2.24, 2.45) is 0 Å². The molecule has 0 atom stereocenters. The number of rotatable bonds is 2. The molecule has 0 saturated carbocycles. The van der Waals surface area contributed by atoms with Crippen molar-refractivity contribution in [1.82, 2.24) is 4.98 Å². The van der Waals surface area contributed by atoms with E-state index in [2.05, 4.69) is 17.1 Å². The Hall–Kier alpha value is -1.41. The first-order chi connectivity index (χ1) is 7.15. The second-order valence-corrected chi connectivity index (χ2v) is 4.44. The Morgan fingerprint density at radius 2 is 2.07 bits per heavy atom. The van der Waals surface area contributed by atoms with Gasteiger partial charge >= 0.3 is 0 Å². The minimum Gasteiger partial charge on any atom is -0.395 e. The highest BCUT2D eigenvalue weighted by Crippen LogP contribution is 2.29. The number of aromatic nitrogens is 1. The molecule has 15 heavy (non-hydrogen) atoms. The van der Waals surface area contributed by atoms with Crippen molar-refractivity contribution in [3.8, 4) is 0 Å². The van der Waals surface area contributed by atoms with Gasteiger partial charge in [0.05, 0.1) is 6.61 Å². The van der Waals surface area contributed by atoms with Crippen LogP contribution in [0.3, 0.4) is 0 Å². The highest BCUT2D eigenvalue weighted by Gasteiger charge is 2.21. The molecule has 0 spiro atoms. The molecule has 2 heteroatoms. The summed E-state index contributed by atoms with van der Waals surface area (Å²) in [6.45, 7) is 4.21. The molecule has 0 radical (unpaired) electrons. The molecular formula is C13H15NO. The highest BCUT2D eigenvalue weighted by atomic mass is 16.3. The first-order valence-corrected chi connectivity index (χ1v) is 5.09. The molecule has 0 amide bonds. The molecule has 2 rings (SSSR count). The van der Waals surface area contributed by atoms with E-state index in [1.54, 1.807) is 6.20 Å². The van der Waals surface area contributed by atoms with E-state index in [4.69, 9.17) is 0 Å². The van der Waals surface area contributed by atoms with E-state index in [0.29, 0.717) is 0 Å². The lowest BCUT2D eigenvalue weighted by molar-refractivity contribution is 0.219. The quantitative estimate of drug-likeness (QED) is 0.809. The van der Waals surface area contributed by atoms with Gasteiger partial charge in [-0.3, -0.25) is 4.98 Å². The molecule has 1 aromatic heterocycles. The number of aliphatic hydroxyl groups is 1. The zero-order valence-electron chi connectivity index (χ0n) is 9.07. The SMILES string of the molecule is CC(C)(CO)c1cccc2ccncc12. The number of benzene rings is 1. The molecule has 1 N–H and O–H groups in total. The summed E-state index contributed by atoms with van der Waals surface area (Å²) in [7, 11) is 0. The lowest BCUT2D eigenvalue weighted by Gasteiger charge is -2.23. The molecule has 2 aromatic rings. The number of hydrogen-bond acceptors (Lipinski definition) is 2. The molecule has 1 aromatic carbocycles. The van der Waals surface area contributed by atoms with E-state index in [9.17, 15) is 5.11 Å². The van der Waals surface area contributed by atoms with Crippen LogP contribution in [-0.2, 0) is 5.41 Å². The molecular weight excluding hydrogens is 186 g/mol. The molecule has 0 unspecified atom stereocenters. The van der Waals surface area contributed by atoms with Crippen LogP contribution >= 0.6 is 0 Å². The maximum absolute atomic E-state index is 9.39. The van der Waals surface area contributed by atoms with Crippen molar-refractivity contribution in [2.75, 3.05) is 6.61 Å². The number of pyridine rings is 1. The van der Waals surface area contributed by atoms with Gasteiger partial charge in [-0.05, 0) is 17.0 Å². The van der Waals surface area contributed by atoms with Crippen molar-refractivity contribution >= 4 is 10.8 Å². The van der Waals surface area contributed by atoms with Crippen LogP contribution in [0.1, 0.15) is 19.4 Å². The van der Waals surface area contributed by atoms with Gasteiger partial charge < -0.3 is 5.11 Å². The van der Waals surface area contributed by atoms with Crippen LogP contribution in [-0.4, -0.2) is 16.7 Å². The van der Waals surface area contributed by atoms with Crippen LogP contribution in [0.2, 0.25) is 0 Å². The molecule has 0 aliphatic rings.